The average Bonchev–Trinajstić information content (AvgIpc) is 2.92. The standard InChI is InChI=1S/C13H10Cl2N2O3/c14-9-2-1-7(5-10(9)15)12-16-13(20-17-12)8-6-19-4-3-11(8)18/h1-2,5,8H,3-4,6H2. The van der Waals surface area contributed by atoms with Crippen molar-refractivity contribution < 1.29 is 14.1 Å². The second kappa shape index (κ2) is 5.52. The number of hydrogen-bond acceptors (Lipinski definition) is 5. The van der Waals surface area contributed by atoms with Crippen LogP contribution in [0.5, 0.6) is 0 Å². The van der Waals surface area contributed by atoms with E-state index in [1.807, 2.05) is 0 Å². The minimum atomic E-state index is -0.479. The number of ether oxygens (including phenoxy) is 1. The summed E-state index contributed by atoms with van der Waals surface area (Å²) in [5.74, 6) is 0.223. The van der Waals surface area contributed by atoms with Gasteiger partial charge in [0.1, 0.15) is 11.7 Å². The van der Waals surface area contributed by atoms with Gasteiger partial charge in [-0.05, 0) is 18.2 Å². The zero-order valence-corrected chi connectivity index (χ0v) is 11.8. The molecule has 0 spiro atoms. The molecule has 1 saturated heterocycles. The highest BCUT2D eigenvalue weighted by Crippen LogP contribution is 2.28. The zero-order chi connectivity index (χ0) is 14.1. The molecule has 2 aromatic rings. The van der Waals surface area contributed by atoms with Gasteiger partial charge in [0, 0.05) is 12.0 Å². The van der Waals surface area contributed by atoms with Crippen molar-refractivity contribution >= 4 is 29.0 Å². The summed E-state index contributed by atoms with van der Waals surface area (Å²) in [7, 11) is 0. The summed E-state index contributed by atoms with van der Waals surface area (Å²) in [6.07, 6.45) is 0.370. The van der Waals surface area contributed by atoms with Crippen molar-refractivity contribution in [3.05, 3.63) is 34.1 Å². The predicted octanol–water partition coefficient (Wildman–Crippen LogP) is 3.12. The van der Waals surface area contributed by atoms with Crippen LogP contribution >= 0.6 is 23.2 Å². The quantitative estimate of drug-likeness (QED) is 0.852. The van der Waals surface area contributed by atoms with Crippen LogP contribution in [0.4, 0.5) is 0 Å². The Morgan fingerprint density at radius 3 is 2.85 bits per heavy atom. The molecule has 0 saturated carbocycles. The summed E-state index contributed by atoms with van der Waals surface area (Å²) < 4.78 is 10.4. The van der Waals surface area contributed by atoms with Crippen LogP contribution in [0.2, 0.25) is 10.0 Å². The zero-order valence-electron chi connectivity index (χ0n) is 10.3. The number of benzene rings is 1. The Morgan fingerprint density at radius 2 is 2.10 bits per heavy atom. The van der Waals surface area contributed by atoms with E-state index in [1.54, 1.807) is 18.2 Å². The van der Waals surface area contributed by atoms with Gasteiger partial charge in [-0.2, -0.15) is 4.98 Å². The van der Waals surface area contributed by atoms with E-state index in [9.17, 15) is 4.79 Å². The third-order valence-electron chi connectivity index (χ3n) is 3.08. The molecule has 0 N–H and O–H groups in total. The van der Waals surface area contributed by atoms with Crippen molar-refractivity contribution in [3.63, 3.8) is 0 Å². The van der Waals surface area contributed by atoms with Gasteiger partial charge >= 0.3 is 0 Å². The second-order valence-corrected chi connectivity index (χ2v) is 5.24. The van der Waals surface area contributed by atoms with Crippen LogP contribution in [0.25, 0.3) is 11.4 Å². The van der Waals surface area contributed by atoms with Crippen molar-refractivity contribution in [1.29, 1.82) is 0 Å². The Morgan fingerprint density at radius 1 is 1.25 bits per heavy atom. The lowest BCUT2D eigenvalue weighted by Crippen LogP contribution is -2.25. The molecule has 1 atom stereocenters. The SMILES string of the molecule is O=C1CCOCC1c1nc(-c2ccc(Cl)c(Cl)c2)no1. The van der Waals surface area contributed by atoms with Crippen LogP contribution < -0.4 is 0 Å². The van der Waals surface area contributed by atoms with Gasteiger partial charge in [-0.3, -0.25) is 4.79 Å². The Kier molecular flexibility index (Phi) is 3.74. The van der Waals surface area contributed by atoms with Gasteiger partial charge < -0.3 is 9.26 Å². The highest BCUT2D eigenvalue weighted by atomic mass is 35.5. The fourth-order valence-corrected chi connectivity index (χ4v) is 2.28. The summed E-state index contributed by atoms with van der Waals surface area (Å²) in [5.41, 5.74) is 0.679. The van der Waals surface area contributed by atoms with Crippen molar-refractivity contribution in [2.45, 2.75) is 12.3 Å². The molecule has 1 unspecified atom stereocenters. The fraction of sp³-hybridized carbons (Fsp3) is 0.308. The van der Waals surface area contributed by atoms with Crippen LogP contribution in [0.15, 0.2) is 22.7 Å². The summed E-state index contributed by atoms with van der Waals surface area (Å²) in [6.45, 7) is 0.727. The first-order valence-electron chi connectivity index (χ1n) is 6.04. The van der Waals surface area contributed by atoms with Crippen LogP contribution in [-0.2, 0) is 9.53 Å². The van der Waals surface area contributed by atoms with Gasteiger partial charge in [0.25, 0.3) is 0 Å². The average molecular weight is 313 g/mol. The lowest BCUT2D eigenvalue weighted by atomic mass is 10.0. The van der Waals surface area contributed by atoms with Crippen LogP contribution in [0.3, 0.4) is 0 Å². The first-order valence-corrected chi connectivity index (χ1v) is 6.80. The van der Waals surface area contributed by atoms with E-state index < -0.39 is 5.92 Å². The third-order valence-corrected chi connectivity index (χ3v) is 3.82. The molecule has 0 radical (unpaired) electrons. The van der Waals surface area contributed by atoms with Crippen LogP contribution in [0.1, 0.15) is 18.2 Å². The van der Waals surface area contributed by atoms with Gasteiger partial charge in [0.15, 0.2) is 0 Å². The van der Waals surface area contributed by atoms with Crippen LogP contribution in [-0.4, -0.2) is 29.1 Å². The molecule has 7 heteroatoms. The minimum absolute atomic E-state index is 0.0561. The van der Waals surface area contributed by atoms with E-state index in [0.29, 0.717) is 34.5 Å². The summed E-state index contributed by atoms with van der Waals surface area (Å²) in [6, 6.07) is 5.05. The molecule has 0 aliphatic carbocycles. The van der Waals surface area contributed by atoms with E-state index in [4.69, 9.17) is 32.5 Å². The topological polar surface area (TPSA) is 65.2 Å². The van der Waals surface area contributed by atoms with Crippen LogP contribution in [0, 0.1) is 0 Å². The molecule has 3 rings (SSSR count). The highest BCUT2D eigenvalue weighted by molar-refractivity contribution is 6.42. The Hall–Kier alpha value is -1.43. The molecule has 1 fully saturated rings. The van der Waals surface area contributed by atoms with Gasteiger partial charge in [0.05, 0.1) is 23.3 Å². The monoisotopic (exact) mass is 312 g/mol. The number of halogens is 2. The molecule has 1 aromatic heterocycles. The van der Waals surface area contributed by atoms with E-state index >= 15 is 0 Å². The lowest BCUT2D eigenvalue weighted by Gasteiger charge is -2.16. The third kappa shape index (κ3) is 2.57. The Bertz CT molecular complexity index is 657. The van der Waals surface area contributed by atoms with Crippen molar-refractivity contribution in [1.82, 2.24) is 10.1 Å². The maximum atomic E-state index is 11.8. The molecule has 2 heterocycles. The molecule has 0 amide bonds. The van der Waals surface area contributed by atoms with Crippen molar-refractivity contribution in [2.75, 3.05) is 13.2 Å². The Balaban J connectivity index is 1.89. The second-order valence-electron chi connectivity index (χ2n) is 4.43. The van der Waals surface area contributed by atoms with E-state index in [0.717, 1.165) is 0 Å². The molecule has 1 aliphatic rings. The molecular weight excluding hydrogens is 303 g/mol. The predicted molar refractivity (Wildman–Crippen MR) is 72.9 cm³/mol. The van der Waals surface area contributed by atoms with E-state index in [2.05, 4.69) is 10.1 Å². The van der Waals surface area contributed by atoms with Crippen molar-refractivity contribution in [2.24, 2.45) is 0 Å². The highest BCUT2D eigenvalue weighted by Gasteiger charge is 2.29. The van der Waals surface area contributed by atoms with E-state index in [-0.39, 0.29) is 18.3 Å². The number of carbonyl (C=O) groups is 1. The molecule has 5 nitrogen and oxygen atoms in total. The number of rotatable bonds is 2. The van der Waals surface area contributed by atoms with E-state index in [1.165, 1.54) is 0 Å². The smallest absolute Gasteiger partial charge is 0.239 e. The van der Waals surface area contributed by atoms with Gasteiger partial charge in [-0.1, -0.05) is 28.4 Å². The summed E-state index contributed by atoms with van der Waals surface area (Å²) >= 11 is 11.8. The molecule has 0 bridgehead atoms. The van der Waals surface area contributed by atoms with Gasteiger partial charge in [-0.15, -0.1) is 0 Å². The molecule has 20 heavy (non-hydrogen) atoms. The summed E-state index contributed by atoms with van der Waals surface area (Å²) in [5, 5.41) is 4.73. The minimum Gasteiger partial charge on any atom is -0.380 e. The summed E-state index contributed by atoms with van der Waals surface area (Å²) in [4.78, 5) is 16.0. The number of ketones is 1. The number of carbonyl (C=O) groups excluding carboxylic acids is 1. The molecule has 104 valence electrons. The number of nitrogens with zero attached hydrogens (tertiary/aromatic N) is 2. The number of Topliss-reactive ketones (excluding diaryl/α,β-unsaturated/α-hetero) is 1. The lowest BCUT2D eigenvalue weighted by molar-refractivity contribution is -0.127. The number of aromatic nitrogens is 2. The molecular formula is C13H10Cl2N2O3. The molecule has 1 aromatic carbocycles. The normalized spacial score (nSPS) is 19.3. The largest absolute Gasteiger partial charge is 0.380 e. The van der Waals surface area contributed by atoms with Gasteiger partial charge in [-0.25, -0.2) is 0 Å². The maximum absolute atomic E-state index is 11.8. The Labute approximate surface area is 124 Å². The van der Waals surface area contributed by atoms with Gasteiger partial charge in [0.2, 0.25) is 11.7 Å². The fourth-order valence-electron chi connectivity index (χ4n) is 1.98. The molecule has 1 aliphatic heterocycles. The van der Waals surface area contributed by atoms with Crippen molar-refractivity contribution in [3.8, 4) is 11.4 Å². The number of hydrogen-bond donors (Lipinski definition) is 0. The first kappa shape index (κ1) is 13.5. The maximum Gasteiger partial charge on any atom is 0.239 e. The first-order chi connectivity index (χ1) is 9.65.